The largest absolute Gasteiger partial charge is 0.466 e. The molecular weight excluding hydrogens is 292 g/mol. The van der Waals surface area contributed by atoms with E-state index in [1.165, 1.54) is 0 Å². The number of rotatable bonds is 5. The average Bonchev–Trinajstić information content (AvgIpc) is 2.84. The van der Waals surface area contributed by atoms with Crippen molar-refractivity contribution in [1.29, 1.82) is 0 Å². The van der Waals surface area contributed by atoms with Crippen molar-refractivity contribution >= 4 is 11.8 Å². The second kappa shape index (κ2) is 7.66. The quantitative estimate of drug-likeness (QED) is 0.907. The number of amides is 2. The number of piperidine rings is 1. The van der Waals surface area contributed by atoms with E-state index in [-0.39, 0.29) is 17.9 Å². The van der Waals surface area contributed by atoms with Gasteiger partial charge in [0, 0.05) is 13.1 Å². The van der Waals surface area contributed by atoms with E-state index in [4.69, 9.17) is 4.42 Å². The first-order valence-corrected chi connectivity index (χ1v) is 8.56. The number of nitrogens with zero attached hydrogens (tertiary/aromatic N) is 1. The van der Waals surface area contributed by atoms with E-state index in [1.807, 2.05) is 6.92 Å². The standard InChI is InChI=1S/C18H28N2O3/c1-12(2)8-9-19-17(21)16-7-5-6-10-20(16)18(22)15-11-13(3)23-14(15)4/h11-12,16H,5-10H2,1-4H3,(H,19,21)/t16-/m0/s1. The molecule has 2 amide bonds. The summed E-state index contributed by atoms with van der Waals surface area (Å²) in [6, 6.07) is 1.40. The highest BCUT2D eigenvalue weighted by atomic mass is 16.3. The molecule has 1 aliphatic rings. The fourth-order valence-electron chi connectivity index (χ4n) is 3.05. The van der Waals surface area contributed by atoms with Crippen molar-refractivity contribution in [2.24, 2.45) is 5.92 Å². The van der Waals surface area contributed by atoms with Crippen LogP contribution in [0.25, 0.3) is 0 Å². The van der Waals surface area contributed by atoms with Crippen LogP contribution < -0.4 is 5.32 Å². The number of aryl methyl sites for hydroxylation is 2. The minimum Gasteiger partial charge on any atom is -0.466 e. The van der Waals surface area contributed by atoms with Crippen molar-refractivity contribution in [1.82, 2.24) is 10.2 Å². The topological polar surface area (TPSA) is 62.6 Å². The molecule has 23 heavy (non-hydrogen) atoms. The Kier molecular flexibility index (Phi) is 5.85. The lowest BCUT2D eigenvalue weighted by molar-refractivity contribution is -0.126. The van der Waals surface area contributed by atoms with Crippen molar-refractivity contribution in [3.8, 4) is 0 Å². The molecule has 1 atom stereocenters. The van der Waals surface area contributed by atoms with Crippen LogP contribution in [0, 0.1) is 19.8 Å². The molecular formula is C18H28N2O3. The number of likely N-dealkylation sites (tertiary alicyclic amines) is 1. The Morgan fingerprint density at radius 1 is 1.35 bits per heavy atom. The summed E-state index contributed by atoms with van der Waals surface area (Å²) in [5.41, 5.74) is 0.574. The normalized spacial score (nSPS) is 18.3. The number of furan rings is 1. The van der Waals surface area contributed by atoms with E-state index < -0.39 is 0 Å². The minimum absolute atomic E-state index is 0.0310. The summed E-state index contributed by atoms with van der Waals surface area (Å²) in [4.78, 5) is 27.0. The maximum Gasteiger partial charge on any atom is 0.258 e. The summed E-state index contributed by atoms with van der Waals surface area (Å²) in [5.74, 6) is 1.77. The summed E-state index contributed by atoms with van der Waals surface area (Å²) >= 11 is 0. The van der Waals surface area contributed by atoms with Crippen LogP contribution in [0.15, 0.2) is 10.5 Å². The van der Waals surface area contributed by atoms with Gasteiger partial charge in [-0.1, -0.05) is 13.8 Å². The van der Waals surface area contributed by atoms with Gasteiger partial charge in [-0.15, -0.1) is 0 Å². The smallest absolute Gasteiger partial charge is 0.258 e. The van der Waals surface area contributed by atoms with Gasteiger partial charge >= 0.3 is 0 Å². The molecule has 0 aromatic carbocycles. The molecule has 1 aromatic rings. The highest BCUT2D eigenvalue weighted by molar-refractivity contribution is 5.98. The van der Waals surface area contributed by atoms with Crippen molar-refractivity contribution in [2.75, 3.05) is 13.1 Å². The Morgan fingerprint density at radius 3 is 2.70 bits per heavy atom. The molecule has 0 bridgehead atoms. The third kappa shape index (κ3) is 4.36. The maximum atomic E-state index is 12.8. The molecule has 1 aliphatic heterocycles. The van der Waals surface area contributed by atoms with Gasteiger partial charge in [0.2, 0.25) is 5.91 Å². The van der Waals surface area contributed by atoms with Crippen molar-refractivity contribution in [3.63, 3.8) is 0 Å². The SMILES string of the molecule is Cc1cc(C(=O)N2CCCC[C@H]2C(=O)NCCC(C)C)c(C)o1. The number of carbonyl (C=O) groups excluding carboxylic acids is 2. The van der Waals surface area contributed by atoms with Gasteiger partial charge in [0.1, 0.15) is 17.6 Å². The first-order valence-electron chi connectivity index (χ1n) is 8.56. The van der Waals surface area contributed by atoms with Crippen molar-refractivity contribution < 1.29 is 14.0 Å². The molecule has 0 radical (unpaired) electrons. The molecule has 128 valence electrons. The van der Waals surface area contributed by atoms with E-state index >= 15 is 0 Å². The fraction of sp³-hybridized carbons (Fsp3) is 0.667. The lowest BCUT2D eigenvalue weighted by atomic mass is 10.00. The van der Waals surface area contributed by atoms with Crippen LogP contribution in [-0.4, -0.2) is 35.8 Å². The van der Waals surface area contributed by atoms with Crippen molar-refractivity contribution in [2.45, 2.75) is 59.4 Å². The van der Waals surface area contributed by atoms with E-state index in [0.29, 0.717) is 30.3 Å². The average molecular weight is 320 g/mol. The molecule has 1 N–H and O–H groups in total. The monoisotopic (exact) mass is 320 g/mol. The second-order valence-corrected chi connectivity index (χ2v) is 6.81. The Bertz CT molecular complexity index is 563. The first kappa shape index (κ1) is 17.6. The van der Waals surface area contributed by atoms with Gasteiger partial charge in [-0.3, -0.25) is 9.59 Å². The lowest BCUT2D eigenvalue weighted by Crippen LogP contribution is -2.52. The summed E-state index contributed by atoms with van der Waals surface area (Å²) < 4.78 is 5.47. The molecule has 1 fully saturated rings. The molecule has 2 heterocycles. The van der Waals surface area contributed by atoms with Crippen LogP contribution >= 0.6 is 0 Å². The Hall–Kier alpha value is -1.78. The van der Waals surface area contributed by atoms with Crippen LogP contribution in [0.5, 0.6) is 0 Å². The van der Waals surface area contributed by atoms with Gasteiger partial charge in [-0.05, 0) is 51.5 Å². The zero-order valence-electron chi connectivity index (χ0n) is 14.6. The molecule has 2 rings (SSSR count). The number of nitrogens with one attached hydrogen (secondary N) is 1. The van der Waals surface area contributed by atoms with Gasteiger partial charge < -0.3 is 14.6 Å². The maximum absolute atomic E-state index is 12.8. The fourth-order valence-corrected chi connectivity index (χ4v) is 3.05. The van der Waals surface area contributed by atoms with E-state index in [2.05, 4.69) is 19.2 Å². The first-order chi connectivity index (χ1) is 10.9. The molecule has 0 unspecified atom stereocenters. The molecule has 1 saturated heterocycles. The number of hydrogen-bond donors (Lipinski definition) is 1. The summed E-state index contributed by atoms with van der Waals surface area (Å²) in [6.07, 6.45) is 3.61. The molecule has 0 saturated carbocycles. The molecule has 5 nitrogen and oxygen atoms in total. The Morgan fingerprint density at radius 2 is 2.09 bits per heavy atom. The van der Waals surface area contributed by atoms with Crippen LogP contribution in [-0.2, 0) is 4.79 Å². The Balaban J connectivity index is 2.07. The van der Waals surface area contributed by atoms with Gasteiger partial charge in [-0.25, -0.2) is 0 Å². The number of hydrogen-bond acceptors (Lipinski definition) is 3. The van der Waals surface area contributed by atoms with Gasteiger partial charge in [0.15, 0.2) is 0 Å². The van der Waals surface area contributed by atoms with Crippen LogP contribution in [0.3, 0.4) is 0 Å². The van der Waals surface area contributed by atoms with Crippen LogP contribution in [0.1, 0.15) is 61.4 Å². The minimum atomic E-state index is -0.363. The summed E-state index contributed by atoms with van der Waals surface area (Å²) in [7, 11) is 0. The van der Waals surface area contributed by atoms with Crippen molar-refractivity contribution in [3.05, 3.63) is 23.2 Å². The Labute approximate surface area is 138 Å². The van der Waals surface area contributed by atoms with Crippen LogP contribution in [0.2, 0.25) is 0 Å². The van der Waals surface area contributed by atoms with Crippen LogP contribution in [0.4, 0.5) is 0 Å². The highest BCUT2D eigenvalue weighted by Gasteiger charge is 2.33. The lowest BCUT2D eigenvalue weighted by Gasteiger charge is -2.34. The van der Waals surface area contributed by atoms with E-state index in [1.54, 1.807) is 17.9 Å². The van der Waals surface area contributed by atoms with E-state index in [9.17, 15) is 9.59 Å². The highest BCUT2D eigenvalue weighted by Crippen LogP contribution is 2.23. The predicted molar refractivity (Wildman–Crippen MR) is 89.3 cm³/mol. The number of carbonyl (C=O) groups is 2. The van der Waals surface area contributed by atoms with E-state index in [0.717, 1.165) is 31.4 Å². The zero-order valence-corrected chi connectivity index (χ0v) is 14.6. The van der Waals surface area contributed by atoms with Gasteiger partial charge in [0.05, 0.1) is 5.56 Å². The summed E-state index contributed by atoms with van der Waals surface area (Å²) in [5, 5.41) is 2.98. The second-order valence-electron chi connectivity index (χ2n) is 6.81. The molecule has 1 aromatic heterocycles. The third-order valence-corrected chi connectivity index (χ3v) is 4.36. The summed E-state index contributed by atoms with van der Waals surface area (Å²) in [6.45, 7) is 9.18. The third-order valence-electron chi connectivity index (χ3n) is 4.36. The zero-order chi connectivity index (χ0) is 17.0. The van der Waals surface area contributed by atoms with Gasteiger partial charge in [0.25, 0.3) is 5.91 Å². The van der Waals surface area contributed by atoms with Gasteiger partial charge in [-0.2, -0.15) is 0 Å². The molecule has 0 aliphatic carbocycles. The predicted octanol–water partition coefficient (Wildman–Crippen LogP) is 3.05. The molecule has 0 spiro atoms. The molecule has 5 heteroatoms.